The van der Waals surface area contributed by atoms with Gasteiger partial charge in [-0.05, 0) is 61.9 Å². The van der Waals surface area contributed by atoms with Crippen molar-refractivity contribution in [3.63, 3.8) is 0 Å². The fraction of sp³-hybridized carbons (Fsp3) is 0.300. The van der Waals surface area contributed by atoms with Crippen LogP contribution in [-0.4, -0.2) is 0 Å². The molecule has 21 heavy (non-hydrogen) atoms. The van der Waals surface area contributed by atoms with Crippen molar-refractivity contribution in [2.75, 3.05) is 0 Å². The summed E-state index contributed by atoms with van der Waals surface area (Å²) in [6.07, 6.45) is 1.75. The molecule has 0 atom stereocenters. The quantitative estimate of drug-likeness (QED) is 0.874. The van der Waals surface area contributed by atoms with Crippen LogP contribution in [0.2, 0.25) is 0 Å². The third-order valence-corrected chi connectivity index (χ3v) is 3.85. The lowest BCUT2D eigenvalue weighted by Crippen LogP contribution is -2.03. The normalized spacial score (nSPS) is 10.7. The standard InChI is InChI=1S/C20H25N/c1-13-6-14(2)8-18(7-13)12-20-15(3)9-19(10-16(20)4)11-17(5)21/h6-10H,5,11-12,21H2,1-4H3. The van der Waals surface area contributed by atoms with Gasteiger partial charge in [0.2, 0.25) is 0 Å². The van der Waals surface area contributed by atoms with Crippen LogP contribution >= 0.6 is 0 Å². The predicted octanol–water partition coefficient (Wildman–Crippen LogP) is 4.53. The molecule has 0 unspecified atom stereocenters. The Bertz CT molecular complexity index is 637. The van der Waals surface area contributed by atoms with Gasteiger partial charge < -0.3 is 5.73 Å². The summed E-state index contributed by atoms with van der Waals surface area (Å²) in [5.41, 5.74) is 15.8. The fourth-order valence-corrected chi connectivity index (χ4v) is 3.10. The number of allylic oxidation sites excluding steroid dienone is 1. The Hall–Kier alpha value is -2.02. The Kier molecular flexibility index (Phi) is 4.52. The topological polar surface area (TPSA) is 26.0 Å². The second-order valence-corrected chi connectivity index (χ2v) is 6.22. The molecule has 0 aromatic heterocycles. The first kappa shape index (κ1) is 15.4. The van der Waals surface area contributed by atoms with Crippen LogP contribution in [0.4, 0.5) is 0 Å². The number of hydrogen-bond donors (Lipinski definition) is 1. The van der Waals surface area contributed by atoms with Gasteiger partial charge in [-0.2, -0.15) is 0 Å². The molecular formula is C20H25N. The smallest absolute Gasteiger partial charge is 0.0115 e. The third-order valence-electron chi connectivity index (χ3n) is 3.85. The van der Waals surface area contributed by atoms with Crippen LogP contribution in [0.5, 0.6) is 0 Å². The monoisotopic (exact) mass is 279 g/mol. The van der Waals surface area contributed by atoms with Gasteiger partial charge in [-0.1, -0.05) is 48.0 Å². The maximum absolute atomic E-state index is 5.73. The molecular weight excluding hydrogens is 254 g/mol. The lowest BCUT2D eigenvalue weighted by atomic mass is 9.92. The van der Waals surface area contributed by atoms with Gasteiger partial charge in [-0.3, -0.25) is 0 Å². The zero-order valence-electron chi connectivity index (χ0n) is 13.6. The first-order valence-electron chi connectivity index (χ1n) is 7.44. The fourth-order valence-electron chi connectivity index (χ4n) is 3.10. The van der Waals surface area contributed by atoms with Gasteiger partial charge in [0.1, 0.15) is 0 Å². The summed E-state index contributed by atoms with van der Waals surface area (Å²) in [4.78, 5) is 0. The zero-order chi connectivity index (χ0) is 15.6. The van der Waals surface area contributed by atoms with Crippen LogP contribution in [0.25, 0.3) is 0 Å². The lowest BCUT2D eigenvalue weighted by molar-refractivity contribution is 1.06. The first-order valence-corrected chi connectivity index (χ1v) is 7.44. The molecule has 0 amide bonds. The molecule has 2 N–H and O–H groups in total. The van der Waals surface area contributed by atoms with Gasteiger partial charge in [-0.25, -0.2) is 0 Å². The van der Waals surface area contributed by atoms with E-state index < -0.39 is 0 Å². The molecule has 0 fully saturated rings. The Labute approximate surface area is 128 Å². The molecule has 1 nitrogen and oxygen atoms in total. The van der Waals surface area contributed by atoms with Crippen molar-refractivity contribution in [2.45, 2.75) is 40.5 Å². The molecule has 0 aliphatic rings. The minimum absolute atomic E-state index is 0.718. The van der Waals surface area contributed by atoms with Crippen molar-refractivity contribution in [3.8, 4) is 0 Å². The van der Waals surface area contributed by atoms with Gasteiger partial charge in [0, 0.05) is 12.1 Å². The molecule has 0 saturated heterocycles. The van der Waals surface area contributed by atoms with Crippen molar-refractivity contribution in [3.05, 3.63) is 81.6 Å². The summed E-state index contributed by atoms with van der Waals surface area (Å²) in [5, 5.41) is 0. The number of nitrogens with two attached hydrogens (primary N) is 1. The number of hydrogen-bond acceptors (Lipinski definition) is 1. The molecule has 0 bridgehead atoms. The molecule has 0 saturated carbocycles. The van der Waals surface area contributed by atoms with E-state index >= 15 is 0 Å². The van der Waals surface area contributed by atoms with Crippen molar-refractivity contribution in [1.29, 1.82) is 0 Å². The van der Waals surface area contributed by atoms with Gasteiger partial charge in [-0.15, -0.1) is 0 Å². The van der Waals surface area contributed by atoms with Crippen molar-refractivity contribution in [2.24, 2.45) is 5.73 Å². The zero-order valence-corrected chi connectivity index (χ0v) is 13.6. The van der Waals surface area contributed by atoms with Gasteiger partial charge in [0.05, 0.1) is 0 Å². The summed E-state index contributed by atoms with van der Waals surface area (Å²) in [5.74, 6) is 0. The van der Waals surface area contributed by atoms with E-state index in [9.17, 15) is 0 Å². The maximum atomic E-state index is 5.73. The highest BCUT2D eigenvalue weighted by atomic mass is 14.6. The molecule has 0 heterocycles. The van der Waals surface area contributed by atoms with Crippen LogP contribution < -0.4 is 5.73 Å². The van der Waals surface area contributed by atoms with E-state index in [-0.39, 0.29) is 0 Å². The Balaban J connectivity index is 2.34. The van der Waals surface area contributed by atoms with Crippen LogP contribution in [0.3, 0.4) is 0 Å². The van der Waals surface area contributed by atoms with Gasteiger partial charge in [0.15, 0.2) is 0 Å². The number of rotatable bonds is 4. The molecule has 0 aliphatic heterocycles. The maximum Gasteiger partial charge on any atom is 0.0115 e. The molecule has 1 heteroatoms. The van der Waals surface area contributed by atoms with E-state index in [2.05, 4.69) is 64.6 Å². The number of benzene rings is 2. The van der Waals surface area contributed by atoms with E-state index in [4.69, 9.17) is 5.73 Å². The lowest BCUT2D eigenvalue weighted by Gasteiger charge is -2.14. The van der Waals surface area contributed by atoms with E-state index in [1.807, 2.05) is 0 Å². The van der Waals surface area contributed by atoms with E-state index in [0.29, 0.717) is 0 Å². The Morgan fingerprint density at radius 3 is 1.86 bits per heavy atom. The van der Waals surface area contributed by atoms with Crippen LogP contribution in [0, 0.1) is 27.7 Å². The highest BCUT2D eigenvalue weighted by molar-refractivity contribution is 5.43. The third kappa shape index (κ3) is 3.98. The Morgan fingerprint density at radius 1 is 0.857 bits per heavy atom. The summed E-state index contributed by atoms with van der Waals surface area (Å²) in [6, 6.07) is 11.3. The first-order chi connectivity index (χ1) is 9.85. The summed E-state index contributed by atoms with van der Waals surface area (Å²) >= 11 is 0. The second kappa shape index (κ2) is 6.17. The summed E-state index contributed by atoms with van der Waals surface area (Å²) < 4.78 is 0. The Morgan fingerprint density at radius 2 is 1.38 bits per heavy atom. The molecule has 0 radical (unpaired) electrons. The minimum atomic E-state index is 0.718. The molecule has 2 rings (SSSR count). The summed E-state index contributed by atoms with van der Waals surface area (Å²) in [7, 11) is 0. The average Bonchev–Trinajstić information content (AvgIpc) is 2.31. The van der Waals surface area contributed by atoms with Crippen molar-refractivity contribution < 1.29 is 0 Å². The molecule has 2 aromatic carbocycles. The summed E-state index contributed by atoms with van der Waals surface area (Å²) in [6.45, 7) is 12.5. The van der Waals surface area contributed by atoms with E-state index in [1.165, 1.54) is 38.9 Å². The number of aryl methyl sites for hydroxylation is 4. The molecule has 2 aromatic rings. The molecule has 0 aliphatic carbocycles. The van der Waals surface area contributed by atoms with Crippen LogP contribution in [0.15, 0.2) is 42.6 Å². The average molecular weight is 279 g/mol. The predicted molar refractivity (Wildman–Crippen MR) is 91.7 cm³/mol. The SMILES string of the molecule is C=C(N)Cc1cc(C)c(Cc2cc(C)cc(C)c2)c(C)c1. The van der Waals surface area contributed by atoms with Gasteiger partial charge in [0.25, 0.3) is 0 Å². The van der Waals surface area contributed by atoms with E-state index in [1.54, 1.807) is 0 Å². The van der Waals surface area contributed by atoms with Crippen LogP contribution in [-0.2, 0) is 12.8 Å². The molecule has 110 valence electrons. The highest BCUT2D eigenvalue weighted by Gasteiger charge is 2.07. The van der Waals surface area contributed by atoms with Gasteiger partial charge >= 0.3 is 0 Å². The largest absolute Gasteiger partial charge is 0.402 e. The second-order valence-electron chi connectivity index (χ2n) is 6.22. The minimum Gasteiger partial charge on any atom is -0.402 e. The molecule has 0 spiro atoms. The van der Waals surface area contributed by atoms with Crippen LogP contribution in [0.1, 0.15) is 38.9 Å². The van der Waals surface area contributed by atoms with Crippen molar-refractivity contribution in [1.82, 2.24) is 0 Å². The highest BCUT2D eigenvalue weighted by Crippen LogP contribution is 2.22. The van der Waals surface area contributed by atoms with E-state index in [0.717, 1.165) is 18.5 Å². The van der Waals surface area contributed by atoms with Crippen molar-refractivity contribution >= 4 is 0 Å².